The van der Waals surface area contributed by atoms with E-state index in [-0.39, 0.29) is 28.2 Å². The molecule has 0 N–H and O–H groups in total. The summed E-state index contributed by atoms with van der Waals surface area (Å²) in [4.78, 5) is 56.0. The highest BCUT2D eigenvalue weighted by molar-refractivity contribution is 5.91. The van der Waals surface area contributed by atoms with Gasteiger partial charge in [-0.25, -0.2) is 19.2 Å². The summed E-state index contributed by atoms with van der Waals surface area (Å²) in [6.45, 7) is 11.9. The third kappa shape index (κ3) is 10.9. The SMILES string of the molecule is CC(C)CCC[C@@H](C)[C@H]1CC[C@H]2[C@@H]3CC=C4C[C@@H](O[C@H]5O[C@@H](COC(=O)c6ccccc6)[C@H](OC(=O)c6ccccc6)[C@@H](OC(=O)c6ccccc6)[C@@H]5OC(=O)c5ccccc5)CC[C@]4(C)[C@H]3CC[C@]12C. The lowest BCUT2D eigenvalue weighted by molar-refractivity contribution is -0.310. The summed E-state index contributed by atoms with van der Waals surface area (Å²) < 4.78 is 38.7. The van der Waals surface area contributed by atoms with Crippen LogP contribution in [0.3, 0.4) is 0 Å². The fraction of sp³-hybridized carbons (Fsp3) is 0.508. The van der Waals surface area contributed by atoms with Crippen molar-refractivity contribution in [1.82, 2.24) is 0 Å². The highest BCUT2D eigenvalue weighted by atomic mass is 16.7. The monoisotopic (exact) mass is 965 g/mol. The molecule has 4 aliphatic carbocycles. The van der Waals surface area contributed by atoms with Crippen LogP contribution in [-0.4, -0.2) is 67.3 Å². The lowest BCUT2D eigenvalue weighted by Gasteiger charge is -2.58. The molecule has 71 heavy (non-hydrogen) atoms. The van der Waals surface area contributed by atoms with E-state index in [0.717, 1.165) is 42.9 Å². The van der Waals surface area contributed by atoms with Crippen molar-refractivity contribution < 1.29 is 47.6 Å². The van der Waals surface area contributed by atoms with Gasteiger partial charge in [0.2, 0.25) is 0 Å². The molecule has 376 valence electrons. The smallest absolute Gasteiger partial charge is 0.338 e. The molecule has 5 aliphatic rings. The molecule has 9 rings (SSSR count). The zero-order chi connectivity index (χ0) is 49.7. The minimum absolute atomic E-state index is 0.0241. The third-order valence-corrected chi connectivity index (χ3v) is 17.3. The van der Waals surface area contributed by atoms with Crippen LogP contribution in [0.4, 0.5) is 0 Å². The van der Waals surface area contributed by atoms with Crippen LogP contribution in [0.5, 0.6) is 0 Å². The molecule has 4 aromatic carbocycles. The first-order valence-corrected chi connectivity index (χ1v) is 26.3. The Bertz CT molecular complexity index is 2480. The molecule has 1 aliphatic heterocycles. The van der Waals surface area contributed by atoms with Gasteiger partial charge in [0.15, 0.2) is 24.6 Å². The van der Waals surface area contributed by atoms with Crippen molar-refractivity contribution in [1.29, 1.82) is 0 Å². The van der Waals surface area contributed by atoms with Gasteiger partial charge >= 0.3 is 23.9 Å². The predicted molar refractivity (Wildman–Crippen MR) is 270 cm³/mol. The number of allylic oxidation sites excluding steroid dienone is 1. The number of hydrogen-bond donors (Lipinski definition) is 0. The topological polar surface area (TPSA) is 124 Å². The maximum atomic E-state index is 14.2. The Morgan fingerprint density at radius 1 is 0.606 bits per heavy atom. The average Bonchev–Trinajstić information content (AvgIpc) is 3.75. The van der Waals surface area contributed by atoms with Crippen molar-refractivity contribution in [2.24, 2.45) is 46.3 Å². The largest absolute Gasteiger partial charge is 0.459 e. The fourth-order valence-corrected chi connectivity index (χ4v) is 13.6. The van der Waals surface area contributed by atoms with Crippen molar-refractivity contribution in [3.8, 4) is 0 Å². The molecule has 10 nitrogen and oxygen atoms in total. The maximum absolute atomic E-state index is 14.2. The molecule has 4 fully saturated rings. The molecule has 1 saturated heterocycles. The maximum Gasteiger partial charge on any atom is 0.338 e. The van der Waals surface area contributed by atoms with Crippen molar-refractivity contribution in [2.75, 3.05) is 6.61 Å². The molecule has 0 radical (unpaired) electrons. The second-order valence-corrected chi connectivity index (χ2v) is 22.0. The van der Waals surface area contributed by atoms with E-state index < -0.39 is 61.2 Å². The van der Waals surface area contributed by atoms with Crippen molar-refractivity contribution in [3.05, 3.63) is 155 Å². The van der Waals surface area contributed by atoms with Gasteiger partial charge in [-0.1, -0.05) is 138 Å². The molecule has 13 atom stereocenters. The average molecular weight is 965 g/mol. The molecule has 4 aromatic rings. The number of carbonyl (C=O) groups is 4. The summed E-state index contributed by atoms with van der Waals surface area (Å²) in [7, 11) is 0. The second kappa shape index (κ2) is 22.0. The van der Waals surface area contributed by atoms with Crippen molar-refractivity contribution >= 4 is 23.9 Å². The van der Waals surface area contributed by atoms with E-state index in [2.05, 4.69) is 40.7 Å². The highest BCUT2D eigenvalue weighted by Gasteiger charge is 2.60. The Kier molecular flexibility index (Phi) is 15.6. The van der Waals surface area contributed by atoms with E-state index in [1.165, 1.54) is 50.5 Å². The van der Waals surface area contributed by atoms with Crippen LogP contribution in [0, 0.1) is 46.3 Å². The minimum atomic E-state index is -1.48. The van der Waals surface area contributed by atoms with Gasteiger partial charge in [0.1, 0.15) is 12.7 Å². The zero-order valence-electron chi connectivity index (χ0n) is 42.1. The van der Waals surface area contributed by atoms with Crippen LogP contribution in [-0.2, 0) is 28.4 Å². The third-order valence-electron chi connectivity index (χ3n) is 17.3. The van der Waals surface area contributed by atoms with Gasteiger partial charge in [0.25, 0.3) is 0 Å². The number of ether oxygens (including phenoxy) is 6. The molecule has 10 heteroatoms. The zero-order valence-corrected chi connectivity index (χ0v) is 42.1. The Balaban J connectivity index is 1.01. The molecule has 0 bridgehead atoms. The van der Waals surface area contributed by atoms with Crippen LogP contribution >= 0.6 is 0 Å². The van der Waals surface area contributed by atoms with E-state index in [9.17, 15) is 19.2 Å². The summed E-state index contributed by atoms with van der Waals surface area (Å²) >= 11 is 0. The Morgan fingerprint density at radius 2 is 1.14 bits per heavy atom. The molecule has 0 amide bonds. The first-order chi connectivity index (χ1) is 34.3. The Morgan fingerprint density at radius 3 is 1.70 bits per heavy atom. The summed E-state index contributed by atoms with van der Waals surface area (Å²) in [5.74, 6) is 1.43. The minimum Gasteiger partial charge on any atom is -0.459 e. The van der Waals surface area contributed by atoms with Crippen LogP contribution in [0.1, 0.15) is 147 Å². The summed E-state index contributed by atoms with van der Waals surface area (Å²) in [5.41, 5.74) is 2.83. The van der Waals surface area contributed by atoms with E-state index in [1.54, 1.807) is 121 Å². The van der Waals surface area contributed by atoms with Crippen LogP contribution in [0.25, 0.3) is 0 Å². The van der Waals surface area contributed by atoms with Crippen LogP contribution in [0.15, 0.2) is 133 Å². The van der Waals surface area contributed by atoms with Crippen molar-refractivity contribution in [3.63, 3.8) is 0 Å². The van der Waals surface area contributed by atoms with E-state index >= 15 is 0 Å². The lowest BCUT2D eigenvalue weighted by Crippen LogP contribution is -2.63. The number of carbonyl (C=O) groups excluding carboxylic acids is 4. The molecular weight excluding hydrogens is 893 g/mol. The molecule has 3 saturated carbocycles. The lowest BCUT2D eigenvalue weighted by atomic mass is 9.47. The normalized spacial score (nSPS) is 31.4. The van der Waals surface area contributed by atoms with E-state index in [0.29, 0.717) is 29.2 Å². The van der Waals surface area contributed by atoms with Gasteiger partial charge in [-0.2, -0.15) is 0 Å². The highest BCUT2D eigenvalue weighted by Crippen LogP contribution is 2.67. The molecule has 0 spiro atoms. The van der Waals surface area contributed by atoms with Gasteiger partial charge in [-0.3, -0.25) is 0 Å². The number of hydrogen-bond acceptors (Lipinski definition) is 10. The number of fused-ring (bicyclic) bond motifs is 5. The Hall–Kier alpha value is -5.58. The van der Waals surface area contributed by atoms with Gasteiger partial charge in [0, 0.05) is 0 Å². The van der Waals surface area contributed by atoms with Crippen LogP contribution < -0.4 is 0 Å². The molecule has 0 aromatic heterocycles. The summed E-state index contributed by atoms with van der Waals surface area (Å²) in [5, 5.41) is 0. The number of rotatable bonds is 16. The second-order valence-electron chi connectivity index (χ2n) is 22.0. The van der Waals surface area contributed by atoms with Gasteiger partial charge < -0.3 is 28.4 Å². The summed E-state index contributed by atoms with van der Waals surface area (Å²) in [6, 6.07) is 33.9. The van der Waals surface area contributed by atoms with E-state index in [4.69, 9.17) is 28.4 Å². The molecule has 1 heterocycles. The van der Waals surface area contributed by atoms with Crippen LogP contribution in [0.2, 0.25) is 0 Å². The first kappa shape index (κ1) is 50.4. The predicted octanol–water partition coefficient (Wildman–Crippen LogP) is 12.7. The van der Waals surface area contributed by atoms with Crippen molar-refractivity contribution in [2.45, 2.75) is 142 Å². The van der Waals surface area contributed by atoms with Gasteiger partial charge in [-0.05, 0) is 146 Å². The van der Waals surface area contributed by atoms with Gasteiger partial charge in [0.05, 0.1) is 28.4 Å². The Labute approximate surface area is 420 Å². The van der Waals surface area contributed by atoms with E-state index in [1.807, 2.05) is 0 Å². The quantitative estimate of drug-likeness (QED) is 0.0609. The number of benzene rings is 4. The molecular formula is C61H72O10. The summed E-state index contributed by atoms with van der Waals surface area (Å²) in [6.07, 6.45) is 7.77. The fourth-order valence-electron chi connectivity index (χ4n) is 13.6. The first-order valence-electron chi connectivity index (χ1n) is 26.3. The van der Waals surface area contributed by atoms with Gasteiger partial charge in [-0.15, -0.1) is 0 Å². The molecule has 0 unspecified atom stereocenters. The number of esters is 4. The standard InChI is InChI=1S/C61H72O10/c1-39(2)19-18-20-40(3)48-31-32-49-47-30-29-45-37-46(33-35-60(45,4)50(47)34-36-61(48,49)5)67-59-54(71-58(65)44-27-16-9-17-28-44)53(70-57(64)43-25-14-8-15-26-43)52(69-56(63)42-23-12-7-13-24-42)51(68-59)38-66-55(62)41-21-10-6-11-22-41/h6-17,21-29,39-40,46-54,59H,18-20,30-38H2,1-5H3/t40-,46+,47+,48-,49+,50+,51+,52+,53-,54+,59+,60+,61-/m1/s1.